The fourth-order valence-corrected chi connectivity index (χ4v) is 4.38. The molecule has 1 aliphatic rings. The van der Waals surface area contributed by atoms with E-state index in [-0.39, 0.29) is 5.41 Å². The second kappa shape index (κ2) is 6.34. The van der Waals surface area contributed by atoms with Gasteiger partial charge in [0.05, 0.1) is 0 Å². The molecule has 1 saturated heterocycles. The fourth-order valence-electron chi connectivity index (χ4n) is 3.09. The topological polar surface area (TPSA) is 12.0 Å². The molecule has 0 amide bonds. The third-order valence-electron chi connectivity index (χ3n) is 4.37. The summed E-state index contributed by atoms with van der Waals surface area (Å²) in [6, 6.07) is 10.2. The van der Waals surface area contributed by atoms with Gasteiger partial charge in [0.2, 0.25) is 0 Å². The standard InChI is InChI=1S/C19H31NS/c1-14(20-17-11-19(5,6)13-21-12-17)15-7-9-16(10-8-15)18(2,3)4/h7-10,14,17,20H,11-13H2,1-6H3. The summed E-state index contributed by atoms with van der Waals surface area (Å²) in [7, 11) is 0. The molecule has 0 saturated carbocycles. The summed E-state index contributed by atoms with van der Waals surface area (Å²) < 4.78 is 0. The summed E-state index contributed by atoms with van der Waals surface area (Å²) in [5, 5.41) is 3.83. The van der Waals surface area contributed by atoms with Crippen molar-refractivity contribution in [2.24, 2.45) is 5.41 Å². The molecule has 1 aromatic rings. The smallest absolute Gasteiger partial charge is 0.0294 e. The molecule has 2 rings (SSSR count). The number of nitrogens with one attached hydrogen (secondary N) is 1. The molecule has 21 heavy (non-hydrogen) atoms. The normalized spacial score (nSPS) is 23.8. The fraction of sp³-hybridized carbons (Fsp3) is 0.684. The van der Waals surface area contributed by atoms with Crippen LogP contribution in [0.1, 0.15) is 65.1 Å². The summed E-state index contributed by atoms with van der Waals surface area (Å²) in [5.41, 5.74) is 3.51. The minimum Gasteiger partial charge on any atom is -0.307 e. The Labute approximate surface area is 135 Å². The van der Waals surface area contributed by atoms with Crippen LogP contribution in [0.4, 0.5) is 0 Å². The molecule has 1 fully saturated rings. The van der Waals surface area contributed by atoms with Crippen LogP contribution in [0.25, 0.3) is 0 Å². The lowest BCUT2D eigenvalue weighted by Crippen LogP contribution is -2.41. The quantitative estimate of drug-likeness (QED) is 0.827. The lowest BCUT2D eigenvalue weighted by molar-refractivity contribution is 0.305. The summed E-state index contributed by atoms with van der Waals surface area (Å²) in [6.07, 6.45) is 1.28. The second-order valence-corrected chi connectivity index (χ2v) is 9.37. The number of hydrogen-bond donors (Lipinski definition) is 1. The van der Waals surface area contributed by atoms with E-state index in [9.17, 15) is 0 Å². The van der Waals surface area contributed by atoms with E-state index in [1.165, 1.54) is 29.1 Å². The number of thioether (sulfide) groups is 1. The van der Waals surface area contributed by atoms with E-state index >= 15 is 0 Å². The van der Waals surface area contributed by atoms with Crippen LogP contribution >= 0.6 is 11.8 Å². The maximum absolute atomic E-state index is 3.83. The highest BCUT2D eigenvalue weighted by molar-refractivity contribution is 7.99. The highest BCUT2D eigenvalue weighted by Crippen LogP contribution is 2.34. The molecule has 1 aliphatic heterocycles. The van der Waals surface area contributed by atoms with Gasteiger partial charge in [-0.2, -0.15) is 11.8 Å². The summed E-state index contributed by atoms with van der Waals surface area (Å²) in [5.74, 6) is 2.54. The summed E-state index contributed by atoms with van der Waals surface area (Å²) in [4.78, 5) is 0. The van der Waals surface area contributed by atoms with Gasteiger partial charge in [0.15, 0.2) is 0 Å². The summed E-state index contributed by atoms with van der Waals surface area (Å²) in [6.45, 7) is 13.9. The molecule has 118 valence electrons. The van der Waals surface area contributed by atoms with Gasteiger partial charge in [-0.25, -0.2) is 0 Å². The van der Waals surface area contributed by atoms with Gasteiger partial charge < -0.3 is 5.32 Å². The third-order valence-corrected chi connectivity index (χ3v) is 6.00. The first-order chi connectivity index (χ1) is 9.67. The van der Waals surface area contributed by atoms with E-state index < -0.39 is 0 Å². The van der Waals surface area contributed by atoms with Crippen LogP contribution < -0.4 is 5.32 Å². The predicted molar refractivity (Wildman–Crippen MR) is 96.2 cm³/mol. The molecule has 2 atom stereocenters. The van der Waals surface area contributed by atoms with Gasteiger partial charge in [-0.3, -0.25) is 0 Å². The Morgan fingerprint density at radius 1 is 1.19 bits per heavy atom. The Balaban J connectivity index is 1.98. The summed E-state index contributed by atoms with van der Waals surface area (Å²) >= 11 is 2.09. The van der Waals surface area contributed by atoms with Crippen molar-refractivity contribution in [2.45, 2.75) is 65.5 Å². The van der Waals surface area contributed by atoms with Crippen molar-refractivity contribution in [3.63, 3.8) is 0 Å². The Morgan fingerprint density at radius 3 is 2.33 bits per heavy atom. The maximum atomic E-state index is 3.83. The molecule has 0 aromatic heterocycles. The zero-order chi connectivity index (χ0) is 15.7. The lowest BCUT2D eigenvalue weighted by atomic mass is 9.86. The van der Waals surface area contributed by atoms with E-state index in [2.05, 4.69) is 82.9 Å². The van der Waals surface area contributed by atoms with Crippen LogP contribution in [-0.4, -0.2) is 17.5 Å². The molecule has 0 bridgehead atoms. The molecule has 0 radical (unpaired) electrons. The van der Waals surface area contributed by atoms with Crippen molar-refractivity contribution in [3.05, 3.63) is 35.4 Å². The first kappa shape index (κ1) is 16.9. The third kappa shape index (κ3) is 4.75. The van der Waals surface area contributed by atoms with E-state index in [1.807, 2.05) is 0 Å². The van der Waals surface area contributed by atoms with E-state index in [0.717, 1.165) is 0 Å². The van der Waals surface area contributed by atoms with Gasteiger partial charge in [0.25, 0.3) is 0 Å². The van der Waals surface area contributed by atoms with Crippen LogP contribution in [0.5, 0.6) is 0 Å². The zero-order valence-electron chi connectivity index (χ0n) is 14.5. The molecule has 0 spiro atoms. The largest absolute Gasteiger partial charge is 0.307 e. The molecule has 2 unspecified atom stereocenters. The predicted octanol–water partition coefficient (Wildman–Crippen LogP) is 5.17. The number of hydrogen-bond acceptors (Lipinski definition) is 2. The Morgan fingerprint density at radius 2 is 1.81 bits per heavy atom. The van der Waals surface area contributed by atoms with Crippen molar-refractivity contribution < 1.29 is 0 Å². The van der Waals surface area contributed by atoms with E-state index in [1.54, 1.807) is 0 Å². The Kier molecular flexibility index (Phi) is 5.10. The SMILES string of the molecule is CC(NC1CSCC(C)(C)C1)c1ccc(C(C)(C)C)cc1. The van der Waals surface area contributed by atoms with Gasteiger partial charge >= 0.3 is 0 Å². The number of benzene rings is 1. The van der Waals surface area contributed by atoms with Crippen molar-refractivity contribution in [1.29, 1.82) is 0 Å². The Bertz CT molecular complexity index is 455. The van der Waals surface area contributed by atoms with E-state index in [4.69, 9.17) is 0 Å². The van der Waals surface area contributed by atoms with Gasteiger partial charge in [-0.15, -0.1) is 0 Å². The van der Waals surface area contributed by atoms with Gasteiger partial charge in [-0.1, -0.05) is 58.9 Å². The minimum absolute atomic E-state index is 0.235. The molecule has 1 aromatic carbocycles. The molecular formula is C19H31NS. The van der Waals surface area contributed by atoms with E-state index in [0.29, 0.717) is 17.5 Å². The molecular weight excluding hydrogens is 274 g/mol. The lowest BCUT2D eigenvalue weighted by Gasteiger charge is -2.36. The molecule has 1 nitrogen and oxygen atoms in total. The van der Waals surface area contributed by atoms with Crippen LogP contribution in [0.2, 0.25) is 0 Å². The molecule has 1 N–H and O–H groups in total. The number of rotatable bonds is 3. The first-order valence-electron chi connectivity index (χ1n) is 8.12. The molecule has 0 aliphatic carbocycles. The second-order valence-electron chi connectivity index (χ2n) is 8.34. The van der Waals surface area contributed by atoms with Crippen LogP contribution in [0.15, 0.2) is 24.3 Å². The maximum Gasteiger partial charge on any atom is 0.0294 e. The average molecular weight is 306 g/mol. The first-order valence-corrected chi connectivity index (χ1v) is 9.27. The average Bonchev–Trinajstić information content (AvgIpc) is 2.36. The van der Waals surface area contributed by atoms with Gasteiger partial charge in [0.1, 0.15) is 0 Å². The van der Waals surface area contributed by atoms with Crippen LogP contribution in [0, 0.1) is 5.41 Å². The van der Waals surface area contributed by atoms with Crippen LogP contribution in [0.3, 0.4) is 0 Å². The van der Waals surface area contributed by atoms with Gasteiger partial charge in [0, 0.05) is 17.8 Å². The van der Waals surface area contributed by atoms with Crippen molar-refractivity contribution >= 4 is 11.8 Å². The van der Waals surface area contributed by atoms with Crippen LogP contribution in [-0.2, 0) is 5.41 Å². The monoisotopic (exact) mass is 305 g/mol. The Hall–Kier alpha value is -0.470. The molecule has 1 heterocycles. The van der Waals surface area contributed by atoms with Crippen molar-refractivity contribution in [3.8, 4) is 0 Å². The highest BCUT2D eigenvalue weighted by Gasteiger charge is 2.29. The van der Waals surface area contributed by atoms with Crippen molar-refractivity contribution in [1.82, 2.24) is 5.32 Å². The highest BCUT2D eigenvalue weighted by atomic mass is 32.2. The van der Waals surface area contributed by atoms with Crippen molar-refractivity contribution in [2.75, 3.05) is 11.5 Å². The molecule has 2 heteroatoms. The van der Waals surface area contributed by atoms with Gasteiger partial charge in [-0.05, 0) is 41.1 Å². The minimum atomic E-state index is 0.235. The zero-order valence-corrected chi connectivity index (χ0v) is 15.3.